The summed E-state index contributed by atoms with van der Waals surface area (Å²) in [5, 5.41) is 5.28. The molecule has 3 heterocycles. The molecule has 0 spiro atoms. The largest absolute Gasteiger partial charge is 0.466 e. The van der Waals surface area contributed by atoms with Crippen LogP contribution in [0.3, 0.4) is 0 Å². The van der Waals surface area contributed by atoms with Crippen molar-refractivity contribution in [3.8, 4) is 0 Å². The van der Waals surface area contributed by atoms with Crippen LogP contribution >= 0.6 is 23.2 Å². The molecule has 2 aliphatic rings. The van der Waals surface area contributed by atoms with E-state index in [9.17, 15) is 14.4 Å². The molecule has 0 atom stereocenters. The summed E-state index contributed by atoms with van der Waals surface area (Å²) in [6.45, 7) is 4.43. The van der Waals surface area contributed by atoms with E-state index in [1.807, 2.05) is 6.07 Å². The van der Waals surface area contributed by atoms with Crippen LogP contribution in [-0.4, -0.2) is 63.6 Å². The molecule has 0 bridgehead atoms. The summed E-state index contributed by atoms with van der Waals surface area (Å²) in [6.07, 6.45) is 1.13. The minimum Gasteiger partial charge on any atom is -0.466 e. The highest BCUT2D eigenvalue weighted by molar-refractivity contribution is 6.42. The average molecular weight is 479 g/mol. The Labute approximate surface area is 196 Å². The zero-order valence-electron chi connectivity index (χ0n) is 17.7. The van der Waals surface area contributed by atoms with Gasteiger partial charge in [-0.3, -0.25) is 19.1 Å². The molecule has 1 saturated heterocycles. The van der Waals surface area contributed by atoms with Crippen LogP contribution in [0.4, 0.5) is 0 Å². The number of carbonyl (C=O) groups excluding carboxylic acids is 3. The van der Waals surface area contributed by atoms with Gasteiger partial charge in [0.2, 0.25) is 0 Å². The molecule has 0 unspecified atom stereocenters. The number of ether oxygens (including phenoxy) is 1. The molecule has 10 heteroatoms. The van der Waals surface area contributed by atoms with Gasteiger partial charge in [0.05, 0.1) is 29.1 Å². The second-order valence-electron chi connectivity index (χ2n) is 7.93. The van der Waals surface area contributed by atoms with Crippen molar-refractivity contribution >= 4 is 41.0 Å². The van der Waals surface area contributed by atoms with Crippen molar-refractivity contribution < 1.29 is 19.1 Å². The molecule has 170 valence electrons. The summed E-state index contributed by atoms with van der Waals surface area (Å²) in [6, 6.07) is 6.85. The fourth-order valence-corrected chi connectivity index (χ4v) is 4.41. The molecule has 32 heavy (non-hydrogen) atoms. The monoisotopic (exact) mass is 478 g/mol. The van der Waals surface area contributed by atoms with Crippen molar-refractivity contribution in [3.05, 3.63) is 51.3 Å². The van der Waals surface area contributed by atoms with Crippen LogP contribution in [0.15, 0.2) is 24.3 Å². The van der Waals surface area contributed by atoms with Gasteiger partial charge in [-0.05, 0) is 37.5 Å². The summed E-state index contributed by atoms with van der Waals surface area (Å²) in [5.41, 5.74) is 1.52. The molecule has 4 rings (SSSR count). The Balaban J connectivity index is 1.41. The smallest absolute Gasteiger partial charge is 0.309 e. The van der Waals surface area contributed by atoms with Crippen molar-refractivity contribution in [1.29, 1.82) is 0 Å². The van der Waals surface area contributed by atoms with Gasteiger partial charge in [-0.15, -0.1) is 0 Å². The van der Waals surface area contributed by atoms with Crippen molar-refractivity contribution in [1.82, 2.24) is 19.6 Å². The molecule has 1 fully saturated rings. The fraction of sp³-hybridized carbons (Fsp3) is 0.455. The van der Waals surface area contributed by atoms with Crippen molar-refractivity contribution in [2.75, 3.05) is 26.2 Å². The Bertz CT molecular complexity index is 1050. The zero-order valence-corrected chi connectivity index (χ0v) is 19.2. The predicted octanol–water partition coefficient (Wildman–Crippen LogP) is 3.26. The van der Waals surface area contributed by atoms with E-state index in [0.717, 1.165) is 5.56 Å². The molecule has 8 nitrogen and oxygen atoms in total. The third-order valence-corrected chi connectivity index (χ3v) is 6.59. The molecule has 2 aromatic rings. The Kier molecular flexibility index (Phi) is 6.71. The maximum absolute atomic E-state index is 13.0. The molecular weight excluding hydrogens is 455 g/mol. The van der Waals surface area contributed by atoms with Crippen LogP contribution in [0.2, 0.25) is 10.0 Å². The molecular formula is C22H24Cl2N4O4. The van der Waals surface area contributed by atoms with E-state index in [4.69, 9.17) is 27.9 Å². The highest BCUT2D eigenvalue weighted by Crippen LogP contribution is 2.25. The molecule has 0 saturated carbocycles. The van der Waals surface area contributed by atoms with E-state index < -0.39 is 0 Å². The highest BCUT2D eigenvalue weighted by Gasteiger charge is 2.32. The van der Waals surface area contributed by atoms with E-state index in [0.29, 0.717) is 67.9 Å². The first-order valence-electron chi connectivity index (χ1n) is 10.6. The lowest BCUT2D eigenvalue weighted by molar-refractivity contribution is -0.149. The lowest BCUT2D eigenvalue weighted by Crippen LogP contribution is -2.41. The maximum Gasteiger partial charge on any atom is 0.309 e. The van der Waals surface area contributed by atoms with E-state index in [-0.39, 0.29) is 29.4 Å². The van der Waals surface area contributed by atoms with Gasteiger partial charge in [-0.1, -0.05) is 29.3 Å². The van der Waals surface area contributed by atoms with E-state index in [1.165, 1.54) is 0 Å². The first kappa shape index (κ1) is 22.6. The normalized spacial score (nSPS) is 16.8. The van der Waals surface area contributed by atoms with Crippen LogP contribution in [0.25, 0.3) is 0 Å². The van der Waals surface area contributed by atoms with Crippen molar-refractivity contribution in [2.24, 2.45) is 5.92 Å². The number of aromatic nitrogens is 2. The number of carbonyl (C=O) groups is 3. The summed E-state index contributed by atoms with van der Waals surface area (Å²) >= 11 is 12.1. The molecule has 0 N–H and O–H groups in total. The van der Waals surface area contributed by atoms with E-state index >= 15 is 0 Å². The zero-order chi connectivity index (χ0) is 22.8. The molecule has 2 aliphatic heterocycles. The number of esters is 1. The third-order valence-electron chi connectivity index (χ3n) is 5.85. The van der Waals surface area contributed by atoms with Gasteiger partial charge < -0.3 is 14.5 Å². The Hall–Kier alpha value is -2.58. The van der Waals surface area contributed by atoms with Crippen LogP contribution in [-0.2, 0) is 22.6 Å². The van der Waals surface area contributed by atoms with Gasteiger partial charge in [0.15, 0.2) is 5.69 Å². The number of hydrogen-bond acceptors (Lipinski definition) is 5. The second kappa shape index (κ2) is 9.50. The number of benzene rings is 1. The van der Waals surface area contributed by atoms with Gasteiger partial charge in [0.25, 0.3) is 11.8 Å². The molecule has 0 aliphatic carbocycles. The lowest BCUT2D eigenvalue weighted by atomic mass is 9.97. The SMILES string of the molecule is CCOC(=O)C1CCN(C(=O)c2cc3n(n2)CCN(Cc2ccc(Cl)c(Cl)c2)C3=O)CC1. The Morgan fingerprint density at radius 1 is 1.09 bits per heavy atom. The number of halogens is 2. The number of hydrogen-bond donors (Lipinski definition) is 0. The first-order valence-corrected chi connectivity index (χ1v) is 11.4. The van der Waals surface area contributed by atoms with E-state index in [1.54, 1.807) is 39.6 Å². The van der Waals surface area contributed by atoms with Crippen LogP contribution in [0.5, 0.6) is 0 Å². The van der Waals surface area contributed by atoms with Gasteiger partial charge in [-0.2, -0.15) is 5.10 Å². The minimum absolute atomic E-state index is 0.175. The van der Waals surface area contributed by atoms with Gasteiger partial charge >= 0.3 is 5.97 Å². The molecule has 2 amide bonds. The summed E-state index contributed by atoms with van der Waals surface area (Å²) < 4.78 is 6.67. The van der Waals surface area contributed by atoms with Crippen molar-refractivity contribution in [2.45, 2.75) is 32.9 Å². The van der Waals surface area contributed by atoms with Crippen LogP contribution < -0.4 is 0 Å². The topological polar surface area (TPSA) is 84.7 Å². The minimum atomic E-state index is -0.224. The molecule has 0 radical (unpaired) electrons. The van der Waals surface area contributed by atoms with Gasteiger partial charge in [-0.25, -0.2) is 0 Å². The number of fused-ring (bicyclic) bond motifs is 1. The predicted molar refractivity (Wildman–Crippen MR) is 119 cm³/mol. The standard InChI is InChI=1S/C22H24Cl2N4O4/c1-2-32-22(31)15-5-7-26(8-6-15)20(29)18-12-19-21(30)27(9-10-28(19)25-18)13-14-3-4-16(23)17(24)11-14/h3-4,11-12,15H,2,5-10,13H2,1H3. The van der Waals surface area contributed by atoms with Crippen LogP contribution in [0.1, 0.15) is 46.3 Å². The van der Waals surface area contributed by atoms with Gasteiger partial charge in [0, 0.05) is 32.2 Å². The second-order valence-corrected chi connectivity index (χ2v) is 8.75. The number of nitrogens with zero attached hydrogens (tertiary/aromatic N) is 4. The maximum atomic E-state index is 13.0. The Morgan fingerprint density at radius 3 is 2.53 bits per heavy atom. The number of likely N-dealkylation sites (tertiary alicyclic amines) is 1. The third kappa shape index (κ3) is 4.61. The first-order chi connectivity index (χ1) is 15.4. The quantitative estimate of drug-likeness (QED) is 0.615. The molecule has 1 aromatic carbocycles. The van der Waals surface area contributed by atoms with E-state index in [2.05, 4.69) is 5.10 Å². The van der Waals surface area contributed by atoms with Gasteiger partial charge in [0.1, 0.15) is 5.69 Å². The Morgan fingerprint density at radius 2 is 1.84 bits per heavy atom. The fourth-order valence-electron chi connectivity index (χ4n) is 4.09. The average Bonchev–Trinajstić information content (AvgIpc) is 3.23. The van der Waals surface area contributed by atoms with Crippen molar-refractivity contribution in [3.63, 3.8) is 0 Å². The number of piperidine rings is 1. The lowest BCUT2D eigenvalue weighted by Gasteiger charge is -2.30. The summed E-state index contributed by atoms with van der Waals surface area (Å²) in [7, 11) is 0. The van der Waals surface area contributed by atoms with Crippen LogP contribution in [0, 0.1) is 5.92 Å². The molecule has 1 aromatic heterocycles. The highest BCUT2D eigenvalue weighted by atomic mass is 35.5. The number of amides is 2. The number of rotatable bonds is 5. The summed E-state index contributed by atoms with van der Waals surface area (Å²) in [4.78, 5) is 41.2. The summed E-state index contributed by atoms with van der Waals surface area (Å²) in [5.74, 6) is -0.789.